The fourth-order valence-corrected chi connectivity index (χ4v) is 1.04. The number of hydrogen-bond acceptors (Lipinski definition) is 3. The van der Waals surface area contributed by atoms with E-state index < -0.39 is 0 Å². The molecule has 1 rings (SSSR count). The quantitative estimate of drug-likeness (QED) is 0.803. The van der Waals surface area contributed by atoms with Crippen LogP contribution in [0.2, 0.25) is 0 Å². The zero-order valence-electron chi connectivity index (χ0n) is 6.83. The lowest BCUT2D eigenvalue weighted by Gasteiger charge is -2.10. The van der Waals surface area contributed by atoms with Crippen molar-refractivity contribution in [2.45, 2.75) is 13.0 Å². The second-order valence-electron chi connectivity index (χ2n) is 2.46. The van der Waals surface area contributed by atoms with Gasteiger partial charge in [0.25, 0.3) is 0 Å². The Labute approximate surface area is 80.1 Å². The number of rotatable bonds is 3. The van der Waals surface area contributed by atoms with E-state index in [9.17, 15) is 0 Å². The van der Waals surface area contributed by atoms with Crippen LogP contribution >= 0.6 is 15.9 Å². The molecule has 1 unspecified atom stereocenters. The predicted octanol–water partition coefficient (Wildman–Crippen LogP) is 1.57. The Morgan fingerprint density at radius 2 is 2.42 bits per heavy atom. The first-order valence-electron chi connectivity index (χ1n) is 3.71. The Morgan fingerprint density at radius 3 is 3.00 bits per heavy atom. The lowest BCUT2D eigenvalue weighted by atomic mass is 10.4. The van der Waals surface area contributed by atoms with Crippen molar-refractivity contribution in [2.24, 2.45) is 5.73 Å². The highest BCUT2D eigenvalue weighted by Gasteiger charge is 2.01. The fraction of sp³-hybridized carbons (Fsp3) is 0.375. The van der Waals surface area contributed by atoms with Gasteiger partial charge in [0.2, 0.25) is 5.88 Å². The first kappa shape index (κ1) is 9.48. The molecule has 1 atom stereocenters. The summed E-state index contributed by atoms with van der Waals surface area (Å²) in [5, 5.41) is 0. The Morgan fingerprint density at radius 1 is 1.67 bits per heavy atom. The second kappa shape index (κ2) is 4.42. The molecule has 1 heterocycles. The van der Waals surface area contributed by atoms with Crippen molar-refractivity contribution >= 4 is 15.9 Å². The number of ether oxygens (including phenoxy) is 1. The Balaban J connectivity index is 2.63. The lowest BCUT2D eigenvalue weighted by Crippen LogP contribution is -2.23. The van der Waals surface area contributed by atoms with Crippen molar-refractivity contribution in [1.29, 1.82) is 0 Å². The summed E-state index contributed by atoms with van der Waals surface area (Å²) in [7, 11) is 0. The highest BCUT2D eigenvalue weighted by molar-refractivity contribution is 9.10. The topological polar surface area (TPSA) is 48.1 Å². The molecule has 0 bridgehead atoms. The molecule has 0 spiro atoms. The van der Waals surface area contributed by atoms with Crippen molar-refractivity contribution in [2.75, 3.05) is 6.54 Å². The maximum absolute atomic E-state index is 5.39. The van der Waals surface area contributed by atoms with E-state index in [2.05, 4.69) is 20.9 Å². The Kier molecular flexibility index (Phi) is 3.49. The van der Waals surface area contributed by atoms with Crippen molar-refractivity contribution in [3.8, 4) is 5.88 Å². The molecule has 0 radical (unpaired) electrons. The summed E-state index contributed by atoms with van der Waals surface area (Å²) in [6, 6.07) is 5.52. The largest absolute Gasteiger partial charge is 0.473 e. The average Bonchev–Trinajstić information content (AvgIpc) is 2.04. The molecular formula is C8H11BrN2O. The van der Waals surface area contributed by atoms with Gasteiger partial charge in [0, 0.05) is 12.6 Å². The summed E-state index contributed by atoms with van der Waals surface area (Å²) in [5.41, 5.74) is 5.39. The third-order valence-corrected chi connectivity index (χ3v) is 1.79. The Bertz CT molecular complexity index is 255. The first-order chi connectivity index (χ1) is 5.72. The summed E-state index contributed by atoms with van der Waals surface area (Å²) in [5.74, 6) is 0.599. The SMILES string of the molecule is CC(CN)Oc1cccc(Br)n1. The maximum Gasteiger partial charge on any atom is 0.214 e. The number of hydrogen-bond donors (Lipinski definition) is 1. The molecule has 0 aliphatic heterocycles. The van der Waals surface area contributed by atoms with Crippen LogP contribution in [0, 0.1) is 0 Å². The van der Waals surface area contributed by atoms with E-state index in [0.717, 1.165) is 4.60 Å². The molecule has 3 nitrogen and oxygen atoms in total. The van der Waals surface area contributed by atoms with Crippen molar-refractivity contribution < 1.29 is 4.74 Å². The molecule has 0 amide bonds. The number of pyridine rings is 1. The van der Waals surface area contributed by atoms with E-state index in [0.29, 0.717) is 12.4 Å². The van der Waals surface area contributed by atoms with E-state index in [1.807, 2.05) is 19.1 Å². The van der Waals surface area contributed by atoms with Gasteiger partial charge in [0.1, 0.15) is 10.7 Å². The number of aromatic nitrogens is 1. The second-order valence-corrected chi connectivity index (χ2v) is 3.28. The van der Waals surface area contributed by atoms with Gasteiger partial charge in [0.15, 0.2) is 0 Å². The summed E-state index contributed by atoms with van der Waals surface area (Å²) < 4.78 is 6.15. The molecule has 1 aromatic heterocycles. The molecule has 4 heteroatoms. The van der Waals surface area contributed by atoms with Crippen LogP contribution in [-0.4, -0.2) is 17.6 Å². The van der Waals surface area contributed by atoms with E-state index in [1.54, 1.807) is 6.07 Å². The van der Waals surface area contributed by atoms with Crippen molar-refractivity contribution in [3.63, 3.8) is 0 Å². The third-order valence-electron chi connectivity index (χ3n) is 1.34. The van der Waals surface area contributed by atoms with Gasteiger partial charge in [-0.25, -0.2) is 4.98 Å². The minimum absolute atomic E-state index is 0.00630. The van der Waals surface area contributed by atoms with Crippen LogP contribution in [0.25, 0.3) is 0 Å². The van der Waals surface area contributed by atoms with Crippen molar-refractivity contribution in [1.82, 2.24) is 4.98 Å². The first-order valence-corrected chi connectivity index (χ1v) is 4.51. The standard InChI is InChI=1S/C8H11BrN2O/c1-6(5-10)12-8-4-2-3-7(9)11-8/h2-4,6H,5,10H2,1H3. The van der Waals surface area contributed by atoms with Crippen LogP contribution in [-0.2, 0) is 0 Å². The minimum Gasteiger partial charge on any atom is -0.473 e. The normalized spacial score (nSPS) is 12.6. The molecule has 0 saturated heterocycles. The van der Waals surface area contributed by atoms with Crippen LogP contribution in [0.3, 0.4) is 0 Å². The zero-order valence-corrected chi connectivity index (χ0v) is 8.41. The van der Waals surface area contributed by atoms with Crippen LogP contribution in [0.5, 0.6) is 5.88 Å². The van der Waals surface area contributed by atoms with Gasteiger partial charge in [-0.05, 0) is 28.9 Å². The molecule has 0 fully saturated rings. The number of halogens is 1. The number of nitrogens with zero attached hydrogens (tertiary/aromatic N) is 1. The molecule has 0 aliphatic carbocycles. The monoisotopic (exact) mass is 230 g/mol. The zero-order chi connectivity index (χ0) is 8.97. The van der Waals surface area contributed by atoms with E-state index in [-0.39, 0.29) is 6.10 Å². The predicted molar refractivity (Wildman–Crippen MR) is 51.1 cm³/mol. The molecule has 66 valence electrons. The fourth-order valence-electron chi connectivity index (χ4n) is 0.710. The highest BCUT2D eigenvalue weighted by Crippen LogP contribution is 2.12. The van der Waals surface area contributed by atoms with Gasteiger partial charge >= 0.3 is 0 Å². The third kappa shape index (κ3) is 2.79. The van der Waals surface area contributed by atoms with Crippen LogP contribution in [0.15, 0.2) is 22.8 Å². The summed E-state index contributed by atoms with van der Waals surface area (Å²) in [4.78, 5) is 4.10. The summed E-state index contributed by atoms with van der Waals surface area (Å²) in [6.07, 6.45) is 0.00630. The van der Waals surface area contributed by atoms with Crippen LogP contribution < -0.4 is 10.5 Å². The summed E-state index contributed by atoms with van der Waals surface area (Å²) in [6.45, 7) is 2.40. The van der Waals surface area contributed by atoms with Crippen LogP contribution in [0.4, 0.5) is 0 Å². The highest BCUT2D eigenvalue weighted by atomic mass is 79.9. The molecule has 0 saturated carbocycles. The van der Waals surface area contributed by atoms with E-state index in [4.69, 9.17) is 10.5 Å². The van der Waals surface area contributed by atoms with Gasteiger partial charge in [-0.2, -0.15) is 0 Å². The van der Waals surface area contributed by atoms with Crippen molar-refractivity contribution in [3.05, 3.63) is 22.8 Å². The van der Waals surface area contributed by atoms with Gasteiger partial charge in [0.05, 0.1) is 0 Å². The van der Waals surface area contributed by atoms with E-state index >= 15 is 0 Å². The maximum atomic E-state index is 5.39. The smallest absolute Gasteiger partial charge is 0.214 e. The van der Waals surface area contributed by atoms with Gasteiger partial charge in [-0.3, -0.25) is 0 Å². The van der Waals surface area contributed by atoms with E-state index in [1.165, 1.54) is 0 Å². The molecular weight excluding hydrogens is 220 g/mol. The number of nitrogens with two attached hydrogens (primary N) is 1. The minimum atomic E-state index is 0.00630. The molecule has 2 N–H and O–H groups in total. The molecule has 0 aliphatic rings. The van der Waals surface area contributed by atoms with Gasteiger partial charge < -0.3 is 10.5 Å². The Hall–Kier alpha value is -0.610. The molecule has 12 heavy (non-hydrogen) atoms. The summed E-state index contributed by atoms with van der Waals surface area (Å²) >= 11 is 3.25. The average molecular weight is 231 g/mol. The molecule has 1 aromatic rings. The van der Waals surface area contributed by atoms with Gasteiger partial charge in [-0.15, -0.1) is 0 Å². The molecule has 0 aromatic carbocycles. The van der Waals surface area contributed by atoms with Gasteiger partial charge in [-0.1, -0.05) is 6.07 Å². The van der Waals surface area contributed by atoms with Crippen LogP contribution in [0.1, 0.15) is 6.92 Å². The lowest BCUT2D eigenvalue weighted by molar-refractivity contribution is 0.220.